The average Bonchev–Trinajstić information content (AvgIpc) is 3.64. The predicted octanol–water partition coefficient (Wildman–Crippen LogP) is 4.68. The highest BCUT2D eigenvalue weighted by Crippen LogP contribution is 2.38. The first-order valence-electron chi connectivity index (χ1n) is 13.6. The molecule has 1 saturated heterocycles. The standard InChI is InChI=1S/C30H36N4O3S/c1-21(2)30(36)34-16-12-22-10-11-24(18-25(22)28(34)23-8-4-3-5-9-23)37-19-27-32-26(20-38-27)29(35)31-13-17-33-14-6-7-15-33/h3-5,8-11,18,20-21,28H,6-7,12-17,19H2,1-2H3,(H,31,35). The highest BCUT2D eigenvalue weighted by molar-refractivity contribution is 7.09. The van der Waals surface area contributed by atoms with Gasteiger partial charge in [0.05, 0.1) is 6.04 Å². The number of ether oxygens (including phenoxy) is 1. The van der Waals surface area contributed by atoms with E-state index >= 15 is 0 Å². The molecule has 2 aliphatic rings. The number of likely N-dealkylation sites (tertiary alicyclic amines) is 1. The molecule has 2 amide bonds. The van der Waals surface area contributed by atoms with Gasteiger partial charge in [0.15, 0.2) is 0 Å². The number of nitrogens with one attached hydrogen (secondary N) is 1. The monoisotopic (exact) mass is 532 g/mol. The number of hydrogen-bond donors (Lipinski definition) is 1. The highest BCUT2D eigenvalue weighted by atomic mass is 32.1. The number of hydrogen-bond acceptors (Lipinski definition) is 6. The molecule has 8 heteroatoms. The van der Waals surface area contributed by atoms with Crippen molar-refractivity contribution in [1.29, 1.82) is 0 Å². The second kappa shape index (κ2) is 12.1. The number of carbonyl (C=O) groups is 2. The maximum atomic E-state index is 13.1. The lowest BCUT2D eigenvalue weighted by Crippen LogP contribution is -2.42. The third-order valence-corrected chi connectivity index (χ3v) is 8.12. The SMILES string of the molecule is CC(C)C(=O)N1CCc2ccc(OCc3nc(C(=O)NCCN4CCCC4)cs3)cc2C1c1ccccc1. The molecule has 1 fully saturated rings. The van der Waals surface area contributed by atoms with Crippen LogP contribution in [0, 0.1) is 5.92 Å². The molecular formula is C30H36N4O3S. The highest BCUT2D eigenvalue weighted by Gasteiger charge is 2.33. The minimum Gasteiger partial charge on any atom is -0.486 e. The van der Waals surface area contributed by atoms with Gasteiger partial charge in [-0.05, 0) is 61.2 Å². The number of aromatic nitrogens is 1. The van der Waals surface area contributed by atoms with Gasteiger partial charge < -0.3 is 19.9 Å². The Morgan fingerprint density at radius 1 is 1.11 bits per heavy atom. The minimum absolute atomic E-state index is 0.0706. The molecule has 0 bridgehead atoms. The number of amides is 2. The molecule has 38 heavy (non-hydrogen) atoms. The van der Waals surface area contributed by atoms with Crippen LogP contribution in [-0.2, 0) is 17.8 Å². The van der Waals surface area contributed by atoms with E-state index in [1.165, 1.54) is 29.7 Å². The number of rotatable bonds is 9. The average molecular weight is 533 g/mol. The maximum absolute atomic E-state index is 13.1. The van der Waals surface area contributed by atoms with E-state index < -0.39 is 0 Å². The number of fused-ring (bicyclic) bond motifs is 1. The van der Waals surface area contributed by atoms with Crippen molar-refractivity contribution in [2.24, 2.45) is 5.92 Å². The third kappa shape index (κ3) is 6.08. The van der Waals surface area contributed by atoms with Crippen LogP contribution in [0.15, 0.2) is 53.9 Å². The van der Waals surface area contributed by atoms with Gasteiger partial charge >= 0.3 is 0 Å². The molecule has 0 spiro atoms. The van der Waals surface area contributed by atoms with Gasteiger partial charge in [-0.25, -0.2) is 4.98 Å². The summed E-state index contributed by atoms with van der Waals surface area (Å²) in [6, 6.07) is 16.2. The van der Waals surface area contributed by atoms with Crippen molar-refractivity contribution in [3.8, 4) is 5.75 Å². The van der Waals surface area contributed by atoms with Crippen molar-refractivity contribution in [1.82, 2.24) is 20.1 Å². The Hall–Kier alpha value is -3.23. The van der Waals surface area contributed by atoms with E-state index in [1.54, 1.807) is 5.38 Å². The van der Waals surface area contributed by atoms with Crippen LogP contribution in [0.5, 0.6) is 5.75 Å². The Morgan fingerprint density at radius 2 is 1.89 bits per heavy atom. The normalized spacial score (nSPS) is 17.4. The zero-order valence-corrected chi connectivity index (χ0v) is 23.0. The Morgan fingerprint density at radius 3 is 2.66 bits per heavy atom. The molecule has 0 saturated carbocycles. The summed E-state index contributed by atoms with van der Waals surface area (Å²) in [6.07, 6.45) is 3.31. The zero-order chi connectivity index (χ0) is 26.5. The molecule has 1 atom stereocenters. The van der Waals surface area contributed by atoms with Gasteiger partial charge in [0.2, 0.25) is 5.91 Å². The predicted molar refractivity (Wildman–Crippen MR) is 149 cm³/mol. The van der Waals surface area contributed by atoms with E-state index in [1.807, 2.05) is 43.0 Å². The lowest BCUT2D eigenvalue weighted by atomic mass is 9.87. The Balaban J connectivity index is 1.26. The Kier molecular flexibility index (Phi) is 8.39. The van der Waals surface area contributed by atoms with Crippen molar-refractivity contribution in [2.45, 2.75) is 45.8 Å². The van der Waals surface area contributed by atoms with Crippen LogP contribution >= 0.6 is 11.3 Å². The van der Waals surface area contributed by atoms with Gasteiger partial charge in [0.25, 0.3) is 5.91 Å². The number of carbonyl (C=O) groups excluding carboxylic acids is 2. The molecule has 200 valence electrons. The topological polar surface area (TPSA) is 74.8 Å². The summed E-state index contributed by atoms with van der Waals surface area (Å²) in [6.45, 7) is 8.65. The third-order valence-electron chi connectivity index (χ3n) is 7.30. The molecule has 1 unspecified atom stereocenters. The van der Waals surface area contributed by atoms with Crippen molar-refractivity contribution >= 4 is 23.2 Å². The molecule has 5 rings (SSSR count). The van der Waals surface area contributed by atoms with E-state index in [0.29, 0.717) is 18.8 Å². The number of nitrogens with zero attached hydrogens (tertiary/aromatic N) is 3. The molecule has 0 aliphatic carbocycles. The lowest BCUT2D eigenvalue weighted by Gasteiger charge is -2.39. The van der Waals surface area contributed by atoms with Crippen molar-refractivity contribution in [3.63, 3.8) is 0 Å². The van der Waals surface area contributed by atoms with E-state index in [-0.39, 0.29) is 30.4 Å². The molecule has 1 N–H and O–H groups in total. The summed E-state index contributed by atoms with van der Waals surface area (Å²) in [4.78, 5) is 34.5. The first-order valence-corrected chi connectivity index (χ1v) is 14.4. The summed E-state index contributed by atoms with van der Waals surface area (Å²) in [5, 5.41) is 5.52. The van der Waals surface area contributed by atoms with E-state index in [2.05, 4.69) is 39.5 Å². The maximum Gasteiger partial charge on any atom is 0.270 e. The fourth-order valence-corrected chi connectivity index (χ4v) is 5.98. The summed E-state index contributed by atoms with van der Waals surface area (Å²) in [5.74, 6) is 0.681. The second-order valence-corrected chi connectivity index (χ2v) is 11.3. The first-order chi connectivity index (χ1) is 18.5. The molecule has 0 radical (unpaired) electrons. The van der Waals surface area contributed by atoms with E-state index in [0.717, 1.165) is 47.9 Å². The quantitative estimate of drug-likeness (QED) is 0.433. The summed E-state index contributed by atoms with van der Waals surface area (Å²) in [5.41, 5.74) is 3.87. The molecular weight excluding hydrogens is 496 g/mol. The fourth-order valence-electron chi connectivity index (χ4n) is 5.30. The van der Waals surface area contributed by atoms with Gasteiger partial charge in [-0.2, -0.15) is 0 Å². The van der Waals surface area contributed by atoms with Crippen LogP contribution in [0.4, 0.5) is 0 Å². The fraction of sp³-hybridized carbons (Fsp3) is 0.433. The van der Waals surface area contributed by atoms with Crippen LogP contribution in [-0.4, -0.2) is 59.3 Å². The number of benzene rings is 2. The lowest BCUT2D eigenvalue weighted by molar-refractivity contribution is -0.136. The smallest absolute Gasteiger partial charge is 0.270 e. The van der Waals surface area contributed by atoms with Gasteiger partial charge in [-0.1, -0.05) is 50.2 Å². The van der Waals surface area contributed by atoms with Gasteiger partial charge in [0.1, 0.15) is 23.1 Å². The summed E-state index contributed by atoms with van der Waals surface area (Å²) in [7, 11) is 0. The van der Waals surface area contributed by atoms with Crippen molar-refractivity contribution < 1.29 is 14.3 Å². The summed E-state index contributed by atoms with van der Waals surface area (Å²) >= 11 is 1.43. The largest absolute Gasteiger partial charge is 0.486 e. The van der Waals surface area contributed by atoms with Gasteiger partial charge in [0, 0.05) is 30.9 Å². The van der Waals surface area contributed by atoms with Crippen LogP contribution in [0.3, 0.4) is 0 Å². The van der Waals surface area contributed by atoms with Crippen molar-refractivity contribution in [2.75, 3.05) is 32.7 Å². The Labute approximate surface area is 228 Å². The number of thiazole rings is 1. The van der Waals surface area contributed by atoms with Gasteiger partial charge in [-0.3, -0.25) is 9.59 Å². The van der Waals surface area contributed by atoms with E-state index in [9.17, 15) is 9.59 Å². The van der Waals surface area contributed by atoms with Crippen LogP contribution in [0.1, 0.15) is 64.9 Å². The molecule has 2 aromatic carbocycles. The Bertz CT molecular complexity index is 1250. The minimum atomic E-state index is -0.144. The summed E-state index contributed by atoms with van der Waals surface area (Å²) < 4.78 is 6.13. The van der Waals surface area contributed by atoms with Crippen molar-refractivity contribution in [3.05, 3.63) is 81.3 Å². The first kappa shape index (κ1) is 26.4. The van der Waals surface area contributed by atoms with Crippen LogP contribution < -0.4 is 10.1 Å². The van der Waals surface area contributed by atoms with Crippen LogP contribution in [0.2, 0.25) is 0 Å². The van der Waals surface area contributed by atoms with Crippen LogP contribution in [0.25, 0.3) is 0 Å². The molecule has 2 aliphatic heterocycles. The molecule has 1 aromatic heterocycles. The van der Waals surface area contributed by atoms with Gasteiger partial charge in [-0.15, -0.1) is 11.3 Å². The molecule has 7 nitrogen and oxygen atoms in total. The van der Waals surface area contributed by atoms with E-state index in [4.69, 9.17) is 4.74 Å². The second-order valence-electron chi connectivity index (χ2n) is 10.3. The molecule has 3 aromatic rings. The molecule has 3 heterocycles. The zero-order valence-electron chi connectivity index (χ0n) is 22.2.